The molecule has 0 aliphatic heterocycles. The van der Waals surface area contributed by atoms with Crippen molar-refractivity contribution < 1.29 is 0 Å². The van der Waals surface area contributed by atoms with Crippen molar-refractivity contribution in [3.05, 3.63) is 17.5 Å². The zero-order valence-electron chi connectivity index (χ0n) is 7.78. The molecule has 0 aromatic carbocycles. The second-order valence-corrected chi connectivity index (χ2v) is 2.74. The van der Waals surface area contributed by atoms with Crippen molar-refractivity contribution in [1.82, 2.24) is 15.2 Å². The molecule has 1 aromatic heterocycles. The fourth-order valence-corrected chi connectivity index (χ4v) is 1.01. The second-order valence-electron chi connectivity index (χ2n) is 2.74. The molecule has 0 aliphatic rings. The van der Waals surface area contributed by atoms with Crippen LogP contribution in [-0.2, 0) is 13.6 Å². The number of nitrogens with zero attached hydrogens (tertiary/aromatic N) is 3. The highest BCUT2D eigenvalue weighted by molar-refractivity contribution is 5.77. The fraction of sp³-hybridized carbons (Fsp3) is 0.429. The Balaban J connectivity index is 2.74. The lowest BCUT2D eigenvalue weighted by Crippen LogP contribution is -2.37. The second kappa shape index (κ2) is 3.90. The standard InChI is InChI=1S/C7H14N6/c1-5-3-11-13(2)6(5)4-10-7(8)12-9/h3H,4,9H2,1-2H3,(H3,8,10,12). The predicted octanol–water partition coefficient (Wildman–Crippen LogP) is -0.993. The fourth-order valence-electron chi connectivity index (χ4n) is 1.01. The minimum Gasteiger partial charge on any atom is -0.369 e. The van der Waals surface area contributed by atoms with Crippen LogP contribution in [-0.4, -0.2) is 15.7 Å². The van der Waals surface area contributed by atoms with Gasteiger partial charge in [-0.15, -0.1) is 0 Å². The van der Waals surface area contributed by atoms with Gasteiger partial charge < -0.3 is 5.73 Å². The third-order valence-corrected chi connectivity index (χ3v) is 1.82. The molecule has 0 spiro atoms. The Hall–Kier alpha value is -1.56. The summed E-state index contributed by atoms with van der Waals surface area (Å²) in [5.74, 6) is 5.28. The molecule has 0 bridgehead atoms. The van der Waals surface area contributed by atoms with Crippen molar-refractivity contribution in [1.29, 1.82) is 0 Å². The van der Waals surface area contributed by atoms with Crippen LogP contribution in [0.15, 0.2) is 11.2 Å². The van der Waals surface area contributed by atoms with Gasteiger partial charge >= 0.3 is 0 Å². The SMILES string of the molecule is Cc1cnn(C)c1CN=C(N)NN. The average Bonchev–Trinajstić information content (AvgIpc) is 2.43. The molecule has 1 rings (SSSR count). The van der Waals surface area contributed by atoms with E-state index in [1.807, 2.05) is 14.0 Å². The van der Waals surface area contributed by atoms with E-state index in [1.54, 1.807) is 10.9 Å². The van der Waals surface area contributed by atoms with E-state index in [0.717, 1.165) is 11.3 Å². The van der Waals surface area contributed by atoms with Gasteiger partial charge in [-0.25, -0.2) is 10.8 Å². The van der Waals surface area contributed by atoms with Crippen molar-refractivity contribution in [2.24, 2.45) is 23.6 Å². The maximum absolute atomic E-state index is 5.37. The highest BCUT2D eigenvalue weighted by Gasteiger charge is 2.02. The largest absolute Gasteiger partial charge is 0.369 e. The van der Waals surface area contributed by atoms with Gasteiger partial charge in [0.05, 0.1) is 18.4 Å². The minimum atomic E-state index is 0.223. The van der Waals surface area contributed by atoms with E-state index >= 15 is 0 Å². The molecular weight excluding hydrogens is 168 g/mol. The Kier molecular flexibility index (Phi) is 2.86. The molecule has 72 valence electrons. The number of hydrogen-bond donors (Lipinski definition) is 3. The summed E-state index contributed by atoms with van der Waals surface area (Å²) in [6, 6.07) is 0. The number of aliphatic imine (C=N–C) groups is 1. The summed E-state index contributed by atoms with van der Waals surface area (Å²) in [6.07, 6.45) is 1.79. The van der Waals surface area contributed by atoms with E-state index in [-0.39, 0.29) is 5.96 Å². The Morgan fingerprint density at radius 3 is 2.92 bits per heavy atom. The lowest BCUT2D eigenvalue weighted by atomic mass is 10.3. The zero-order chi connectivity index (χ0) is 9.84. The van der Waals surface area contributed by atoms with Gasteiger partial charge in [-0.1, -0.05) is 0 Å². The van der Waals surface area contributed by atoms with Crippen LogP contribution in [0.4, 0.5) is 0 Å². The zero-order valence-corrected chi connectivity index (χ0v) is 7.78. The van der Waals surface area contributed by atoms with Gasteiger partial charge in [0.25, 0.3) is 0 Å². The third-order valence-electron chi connectivity index (χ3n) is 1.82. The van der Waals surface area contributed by atoms with E-state index < -0.39 is 0 Å². The minimum absolute atomic E-state index is 0.223. The van der Waals surface area contributed by atoms with E-state index in [9.17, 15) is 0 Å². The lowest BCUT2D eigenvalue weighted by Gasteiger charge is -2.01. The highest BCUT2D eigenvalue weighted by Crippen LogP contribution is 2.06. The summed E-state index contributed by atoms with van der Waals surface area (Å²) in [4.78, 5) is 4.00. The van der Waals surface area contributed by atoms with Crippen molar-refractivity contribution in [2.75, 3.05) is 0 Å². The number of aryl methyl sites for hydroxylation is 2. The third kappa shape index (κ3) is 2.19. The maximum Gasteiger partial charge on any atom is 0.203 e. The van der Waals surface area contributed by atoms with Gasteiger partial charge in [-0.05, 0) is 12.5 Å². The van der Waals surface area contributed by atoms with Crippen LogP contribution >= 0.6 is 0 Å². The molecule has 5 N–H and O–H groups in total. The van der Waals surface area contributed by atoms with E-state index in [0.29, 0.717) is 6.54 Å². The monoisotopic (exact) mass is 182 g/mol. The predicted molar refractivity (Wildman–Crippen MR) is 50.6 cm³/mol. The quantitative estimate of drug-likeness (QED) is 0.237. The van der Waals surface area contributed by atoms with Crippen molar-refractivity contribution in [3.63, 3.8) is 0 Å². The Labute approximate surface area is 76.6 Å². The molecule has 6 heteroatoms. The Morgan fingerprint density at radius 2 is 2.46 bits per heavy atom. The first kappa shape index (κ1) is 9.53. The van der Waals surface area contributed by atoms with Crippen LogP contribution in [0.3, 0.4) is 0 Å². The topological polar surface area (TPSA) is 94.2 Å². The number of nitrogens with two attached hydrogens (primary N) is 2. The first-order valence-corrected chi connectivity index (χ1v) is 3.89. The molecule has 1 aromatic rings. The summed E-state index contributed by atoms with van der Waals surface area (Å²) < 4.78 is 1.77. The molecule has 0 saturated carbocycles. The summed E-state index contributed by atoms with van der Waals surface area (Å²) in [7, 11) is 1.86. The van der Waals surface area contributed by atoms with Gasteiger partial charge in [-0.3, -0.25) is 10.1 Å². The Bertz CT molecular complexity index is 293. The van der Waals surface area contributed by atoms with Gasteiger partial charge in [0.15, 0.2) is 0 Å². The molecule has 13 heavy (non-hydrogen) atoms. The van der Waals surface area contributed by atoms with Gasteiger partial charge in [0, 0.05) is 7.05 Å². The average molecular weight is 182 g/mol. The van der Waals surface area contributed by atoms with Crippen LogP contribution < -0.4 is 17.0 Å². The van der Waals surface area contributed by atoms with Crippen LogP contribution in [0.2, 0.25) is 0 Å². The van der Waals surface area contributed by atoms with E-state index in [1.165, 1.54) is 0 Å². The normalized spacial score (nSPS) is 11.8. The molecule has 1 heterocycles. The summed E-state index contributed by atoms with van der Waals surface area (Å²) >= 11 is 0. The number of hydrogen-bond acceptors (Lipinski definition) is 3. The Morgan fingerprint density at radius 1 is 1.77 bits per heavy atom. The van der Waals surface area contributed by atoms with Gasteiger partial charge in [-0.2, -0.15) is 5.10 Å². The first-order chi connectivity index (χ1) is 6.15. The summed E-state index contributed by atoms with van der Waals surface area (Å²) in [6.45, 7) is 2.46. The molecule has 0 saturated heterocycles. The number of aromatic nitrogens is 2. The van der Waals surface area contributed by atoms with Gasteiger partial charge in [0.1, 0.15) is 0 Å². The van der Waals surface area contributed by atoms with Crippen molar-refractivity contribution in [3.8, 4) is 0 Å². The van der Waals surface area contributed by atoms with Gasteiger partial charge in [0.2, 0.25) is 5.96 Å². The summed E-state index contributed by atoms with van der Waals surface area (Å²) in [5, 5.41) is 4.07. The molecule has 6 nitrogen and oxygen atoms in total. The molecule has 0 radical (unpaired) electrons. The molecule has 0 fully saturated rings. The van der Waals surface area contributed by atoms with Crippen LogP contribution in [0.1, 0.15) is 11.3 Å². The van der Waals surface area contributed by atoms with E-state index in [4.69, 9.17) is 11.6 Å². The number of rotatable bonds is 2. The highest BCUT2D eigenvalue weighted by atomic mass is 15.3. The smallest absolute Gasteiger partial charge is 0.203 e. The van der Waals surface area contributed by atoms with Crippen LogP contribution in [0, 0.1) is 6.92 Å². The van der Waals surface area contributed by atoms with Crippen molar-refractivity contribution >= 4 is 5.96 Å². The molecule has 0 atom stereocenters. The number of nitrogens with one attached hydrogen (secondary N) is 1. The molecule has 0 unspecified atom stereocenters. The van der Waals surface area contributed by atoms with Crippen molar-refractivity contribution in [2.45, 2.75) is 13.5 Å². The molecule has 0 amide bonds. The van der Waals surface area contributed by atoms with E-state index in [2.05, 4.69) is 15.5 Å². The number of guanidine groups is 1. The molecule has 0 aliphatic carbocycles. The summed E-state index contributed by atoms with van der Waals surface area (Å²) in [5.41, 5.74) is 9.76. The first-order valence-electron chi connectivity index (χ1n) is 3.89. The lowest BCUT2D eigenvalue weighted by molar-refractivity contribution is 0.709. The molecular formula is C7H14N6. The maximum atomic E-state index is 5.37. The van der Waals surface area contributed by atoms with Crippen LogP contribution in [0.25, 0.3) is 0 Å². The number of hydrazine groups is 1. The van der Waals surface area contributed by atoms with Crippen LogP contribution in [0.5, 0.6) is 0 Å².